The lowest BCUT2D eigenvalue weighted by Crippen LogP contribution is -2.57. The molecule has 0 N–H and O–H groups in total. The minimum absolute atomic E-state index is 0.279. The van der Waals surface area contributed by atoms with E-state index in [1.54, 1.807) is 0 Å². The molecule has 1 heterocycles. The van der Waals surface area contributed by atoms with E-state index < -0.39 is 0 Å². The number of hydrogen-bond donors (Lipinski definition) is 0. The maximum absolute atomic E-state index is 2.76. The second-order valence-corrected chi connectivity index (χ2v) is 8.03. The van der Waals surface area contributed by atoms with Crippen LogP contribution in [0.15, 0.2) is 0 Å². The van der Waals surface area contributed by atoms with E-state index in [9.17, 15) is 0 Å². The van der Waals surface area contributed by atoms with E-state index in [2.05, 4.69) is 60.3 Å². The van der Waals surface area contributed by atoms with Crippen molar-refractivity contribution >= 4 is 0 Å². The third kappa shape index (κ3) is 2.45. The molecule has 0 bridgehead atoms. The minimum atomic E-state index is 0.279. The van der Waals surface area contributed by atoms with Crippen molar-refractivity contribution in [1.29, 1.82) is 0 Å². The molecule has 0 aromatic rings. The third-order valence-electron chi connectivity index (χ3n) is 4.81. The van der Waals surface area contributed by atoms with Crippen molar-refractivity contribution in [2.45, 2.75) is 79.8 Å². The Kier molecular flexibility index (Phi) is 3.52. The van der Waals surface area contributed by atoms with Gasteiger partial charge in [0.15, 0.2) is 0 Å². The maximum atomic E-state index is 2.76. The lowest BCUT2D eigenvalue weighted by atomic mass is 9.73. The van der Waals surface area contributed by atoms with E-state index in [0.717, 1.165) is 6.04 Å². The zero-order valence-corrected chi connectivity index (χ0v) is 12.6. The van der Waals surface area contributed by atoms with Crippen molar-refractivity contribution in [3.63, 3.8) is 0 Å². The Labute approximate surface area is 103 Å². The molecule has 1 atom stereocenters. The second-order valence-electron chi connectivity index (χ2n) is 8.03. The van der Waals surface area contributed by atoms with Gasteiger partial charge in [0.1, 0.15) is 0 Å². The first-order valence-corrected chi connectivity index (χ1v) is 6.74. The van der Waals surface area contributed by atoms with Gasteiger partial charge in [-0.15, -0.1) is 0 Å². The highest BCUT2D eigenvalue weighted by Crippen LogP contribution is 2.43. The molecular formula is C15H31N. The third-order valence-corrected chi connectivity index (χ3v) is 4.81. The molecule has 1 rings (SSSR count). The molecule has 0 aromatic heterocycles. The van der Waals surface area contributed by atoms with Crippen LogP contribution in [0.2, 0.25) is 0 Å². The Balaban J connectivity index is 2.96. The fraction of sp³-hybridized carbons (Fsp3) is 1.00. The van der Waals surface area contributed by atoms with Crippen LogP contribution in [0.1, 0.15) is 68.2 Å². The van der Waals surface area contributed by atoms with Gasteiger partial charge in [-0.3, -0.25) is 4.90 Å². The topological polar surface area (TPSA) is 3.24 Å². The average molecular weight is 225 g/mol. The van der Waals surface area contributed by atoms with Gasteiger partial charge in [0.2, 0.25) is 0 Å². The van der Waals surface area contributed by atoms with E-state index in [1.165, 1.54) is 19.4 Å². The van der Waals surface area contributed by atoms with Crippen molar-refractivity contribution in [3.8, 4) is 0 Å². The predicted molar refractivity (Wildman–Crippen MR) is 72.7 cm³/mol. The van der Waals surface area contributed by atoms with E-state index in [0.29, 0.717) is 10.8 Å². The first-order valence-electron chi connectivity index (χ1n) is 6.74. The molecule has 0 aliphatic carbocycles. The SMILES string of the molecule is CC(C)(C)C1CCCN1C(C)(C)C(C)(C)C. The highest BCUT2D eigenvalue weighted by molar-refractivity contribution is 5.00. The van der Waals surface area contributed by atoms with Crippen LogP contribution in [0.3, 0.4) is 0 Å². The Hall–Kier alpha value is -0.0400. The van der Waals surface area contributed by atoms with Crippen molar-refractivity contribution in [2.24, 2.45) is 10.8 Å². The summed E-state index contributed by atoms with van der Waals surface area (Å²) in [5.41, 5.74) is 1.02. The summed E-state index contributed by atoms with van der Waals surface area (Å²) < 4.78 is 0. The van der Waals surface area contributed by atoms with Gasteiger partial charge in [0, 0.05) is 11.6 Å². The van der Waals surface area contributed by atoms with Crippen molar-refractivity contribution in [3.05, 3.63) is 0 Å². The van der Waals surface area contributed by atoms with Gasteiger partial charge in [0.05, 0.1) is 0 Å². The molecule has 0 aromatic carbocycles. The number of nitrogens with zero attached hydrogens (tertiary/aromatic N) is 1. The molecule has 16 heavy (non-hydrogen) atoms. The highest BCUT2D eigenvalue weighted by atomic mass is 15.3. The fourth-order valence-electron chi connectivity index (χ4n) is 2.77. The van der Waals surface area contributed by atoms with Gasteiger partial charge in [-0.1, -0.05) is 41.5 Å². The zero-order chi connectivity index (χ0) is 12.8. The zero-order valence-electron chi connectivity index (χ0n) is 12.6. The molecule has 96 valence electrons. The first-order chi connectivity index (χ1) is 6.98. The smallest absolute Gasteiger partial charge is 0.0204 e. The molecule has 1 fully saturated rings. The second kappa shape index (κ2) is 4.01. The van der Waals surface area contributed by atoms with E-state index in [1.807, 2.05) is 0 Å². The van der Waals surface area contributed by atoms with E-state index >= 15 is 0 Å². The normalized spacial score (nSPS) is 25.1. The van der Waals surface area contributed by atoms with Crippen LogP contribution in [0.25, 0.3) is 0 Å². The lowest BCUT2D eigenvalue weighted by Gasteiger charge is -2.51. The van der Waals surface area contributed by atoms with E-state index in [4.69, 9.17) is 0 Å². The Morgan fingerprint density at radius 1 is 0.875 bits per heavy atom. The van der Waals surface area contributed by atoms with Crippen LogP contribution in [0.5, 0.6) is 0 Å². The average Bonchev–Trinajstić information content (AvgIpc) is 2.47. The first kappa shape index (κ1) is 14.0. The van der Waals surface area contributed by atoms with Crippen LogP contribution in [-0.4, -0.2) is 23.0 Å². The highest BCUT2D eigenvalue weighted by Gasteiger charge is 2.46. The molecule has 1 nitrogen and oxygen atoms in total. The summed E-state index contributed by atoms with van der Waals surface area (Å²) in [4.78, 5) is 2.76. The summed E-state index contributed by atoms with van der Waals surface area (Å²) in [5, 5.41) is 0. The Bertz CT molecular complexity index is 239. The summed E-state index contributed by atoms with van der Waals surface area (Å²) in [7, 11) is 0. The number of hydrogen-bond acceptors (Lipinski definition) is 1. The molecule has 1 saturated heterocycles. The Morgan fingerprint density at radius 2 is 1.38 bits per heavy atom. The molecular weight excluding hydrogens is 194 g/mol. The van der Waals surface area contributed by atoms with Gasteiger partial charge in [-0.2, -0.15) is 0 Å². The maximum Gasteiger partial charge on any atom is 0.0204 e. The molecule has 1 aliphatic heterocycles. The van der Waals surface area contributed by atoms with Crippen LogP contribution >= 0.6 is 0 Å². The lowest BCUT2D eigenvalue weighted by molar-refractivity contribution is -0.0200. The largest absolute Gasteiger partial charge is 0.294 e. The van der Waals surface area contributed by atoms with Crippen LogP contribution < -0.4 is 0 Å². The van der Waals surface area contributed by atoms with E-state index in [-0.39, 0.29) is 5.54 Å². The van der Waals surface area contributed by atoms with Gasteiger partial charge in [-0.05, 0) is 44.1 Å². The van der Waals surface area contributed by atoms with Crippen molar-refractivity contribution in [2.75, 3.05) is 6.54 Å². The van der Waals surface area contributed by atoms with Crippen LogP contribution in [0, 0.1) is 10.8 Å². The molecule has 0 spiro atoms. The monoisotopic (exact) mass is 225 g/mol. The van der Waals surface area contributed by atoms with Crippen LogP contribution in [0.4, 0.5) is 0 Å². The van der Waals surface area contributed by atoms with Gasteiger partial charge in [0.25, 0.3) is 0 Å². The summed E-state index contributed by atoms with van der Waals surface area (Å²) >= 11 is 0. The quantitative estimate of drug-likeness (QED) is 0.642. The van der Waals surface area contributed by atoms with Crippen molar-refractivity contribution < 1.29 is 0 Å². The standard InChI is InChI=1S/C15H31N/c1-13(2,3)12-10-9-11-16(12)15(7,8)14(4,5)6/h12H,9-11H2,1-8H3. The molecule has 0 amide bonds. The van der Waals surface area contributed by atoms with Gasteiger partial charge in [-0.25, -0.2) is 0 Å². The molecule has 1 heteroatoms. The fourth-order valence-corrected chi connectivity index (χ4v) is 2.77. The summed E-state index contributed by atoms with van der Waals surface area (Å²) in [6.45, 7) is 20.3. The molecule has 1 aliphatic rings. The Morgan fingerprint density at radius 3 is 1.75 bits per heavy atom. The summed E-state index contributed by atoms with van der Waals surface area (Å²) in [5.74, 6) is 0. The summed E-state index contributed by atoms with van der Waals surface area (Å²) in [6.07, 6.45) is 2.73. The minimum Gasteiger partial charge on any atom is -0.294 e. The number of rotatable bonds is 1. The van der Waals surface area contributed by atoms with Crippen LogP contribution in [-0.2, 0) is 0 Å². The predicted octanol–water partition coefficient (Wildman–Crippen LogP) is 4.32. The van der Waals surface area contributed by atoms with Gasteiger partial charge < -0.3 is 0 Å². The van der Waals surface area contributed by atoms with Gasteiger partial charge >= 0.3 is 0 Å². The molecule has 1 unspecified atom stereocenters. The van der Waals surface area contributed by atoms with Crippen molar-refractivity contribution in [1.82, 2.24) is 4.90 Å². The molecule has 0 radical (unpaired) electrons. The summed E-state index contributed by atoms with van der Waals surface area (Å²) in [6, 6.07) is 0.738. The molecule has 0 saturated carbocycles. The number of likely N-dealkylation sites (tertiary alicyclic amines) is 1.